The van der Waals surface area contributed by atoms with Crippen LogP contribution in [-0.2, 0) is 12.0 Å². The van der Waals surface area contributed by atoms with E-state index in [0.717, 1.165) is 18.0 Å². The molecule has 0 atom stereocenters. The summed E-state index contributed by atoms with van der Waals surface area (Å²) in [6.07, 6.45) is 2.09. The van der Waals surface area contributed by atoms with Crippen molar-refractivity contribution in [3.63, 3.8) is 0 Å². The molecule has 0 aliphatic heterocycles. The highest BCUT2D eigenvalue weighted by Gasteiger charge is 2.19. The number of anilines is 1. The van der Waals surface area contributed by atoms with Crippen molar-refractivity contribution in [2.75, 3.05) is 5.32 Å². The van der Waals surface area contributed by atoms with E-state index in [1.54, 1.807) is 0 Å². The van der Waals surface area contributed by atoms with Gasteiger partial charge in [-0.25, -0.2) is 0 Å². The second-order valence-corrected chi connectivity index (χ2v) is 6.56. The third kappa shape index (κ3) is 4.25. The van der Waals surface area contributed by atoms with Crippen LogP contribution < -0.4 is 10.1 Å². The molecular weight excluding hydrogens is 262 g/mol. The second-order valence-electron chi connectivity index (χ2n) is 6.56. The van der Waals surface area contributed by atoms with Gasteiger partial charge in [0.25, 0.3) is 0 Å². The van der Waals surface area contributed by atoms with Gasteiger partial charge in [-0.2, -0.15) is 5.10 Å². The number of ether oxygens (including phenoxy) is 1. The topological polar surface area (TPSA) is 49.9 Å². The molecule has 0 bridgehead atoms. The van der Waals surface area contributed by atoms with Crippen LogP contribution in [0, 0.1) is 0 Å². The molecule has 0 fully saturated rings. The van der Waals surface area contributed by atoms with Gasteiger partial charge in [0, 0.05) is 28.9 Å². The molecule has 0 saturated carbocycles. The van der Waals surface area contributed by atoms with E-state index in [1.807, 2.05) is 44.3 Å². The van der Waals surface area contributed by atoms with E-state index in [9.17, 15) is 0 Å². The highest BCUT2D eigenvalue weighted by Crippen LogP contribution is 2.24. The lowest BCUT2D eigenvalue weighted by Crippen LogP contribution is -2.15. The molecule has 0 amide bonds. The monoisotopic (exact) mass is 287 g/mol. The number of H-pyrrole nitrogens is 1. The quantitative estimate of drug-likeness (QED) is 0.870. The summed E-state index contributed by atoms with van der Waals surface area (Å²) in [6, 6.07) is 8.05. The molecule has 2 rings (SSSR count). The van der Waals surface area contributed by atoms with Crippen molar-refractivity contribution < 1.29 is 4.74 Å². The van der Waals surface area contributed by atoms with Crippen molar-refractivity contribution in [1.82, 2.24) is 10.2 Å². The van der Waals surface area contributed by atoms with Crippen molar-refractivity contribution in [1.29, 1.82) is 0 Å². The van der Waals surface area contributed by atoms with Crippen molar-refractivity contribution in [2.45, 2.75) is 52.7 Å². The third-order valence-corrected chi connectivity index (χ3v) is 3.18. The molecule has 4 nitrogen and oxygen atoms in total. The van der Waals surface area contributed by atoms with Crippen molar-refractivity contribution >= 4 is 5.69 Å². The zero-order valence-corrected chi connectivity index (χ0v) is 13.5. The lowest BCUT2D eigenvalue weighted by atomic mass is 9.89. The standard InChI is InChI=1S/C17H25N3O/c1-12(2)21-15-8-6-14(7-9-15)18-10-13-11-19-20-16(13)17(3,4)5/h6-9,11-12,18H,10H2,1-5H3,(H,19,20). The number of aromatic amines is 1. The Labute approximate surface area is 126 Å². The van der Waals surface area contributed by atoms with Crippen molar-refractivity contribution in [3.05, 3.63) is 41.7 Å². The number of aromatic nitrogens is 2. The first-order valence-corrected chi connectivity index (χ1v) is 7.39. The molecule has 0 spiro atoms. The predicted octanol–water partition coefficient (Wildman–Crippen LogP) is 4.11. The predicted molar refractivity (Wildman–Crippen MR) is 86.8 cm³/mol. The molecule has 0 saturated heterocycles. The first-order chi connectivity index (χ1) is 9.86. The van der Waals surface area contributed by atoms with E-state index in [0.29, 0.717) is 0 Å². The van der Waals surface area contributed by atoms with Crippen molar-refractivity contribution in [3.8, 4) is 5.75 Å². The molecule has 114 valence electrons. The Hall–Kier alpha value is -1.97. The fraction of sp³-hybridized carbons (Fsp3) is 0.471. The second kappa shape index (κ2) is 6.20. The highest BCUT2D eigenvalue weighted by molar-refractivity contribution is 5.47. The lowest BCUT2D eigenvalue weighted by molar-refractivity contribution is 0.242. The van der Waals surface area contributed by atoms with Gasteiger partial charge < -0.3 is 10.1 Å². The molecule has 21 heavy (non-hydrogen) atoms. The molecule has 0 aliphatic carbocycles. The van der Waals surface area contributed by atoms with E-state index >= 15 is 0 Å². The van der Waals surface area contributed by atoms with E-state index in [4.69, 9.17) is 4.74 Å². The zero-order chi connectivity index (χ0) is 15.5. The molecule has 4 heteroatoms. The first-order valence-electron chi connectivity index (χ1n) is 7.39. The Morgan fingerprint density at radius 2 is 1.86 bits per heavy atom. The number of nitrogens with one attached hydrogen (secondary N) is 2. The molecule has 1 heterocycles. The number of benzene rings is 1. The summed E-state index contributed by atoms with van der Waals surface area (Å²) < 4.78 is 5.64. The van der Waals surface area contributed by atoms with Gasteiger partial charge in [0.05, 0.1) is 12.3 Å². The van der Waals surface area contributed by atoms with Gasteiger partial charge in [0.1, 0.15) is 5.75 Å². The maximum absolute atomic E-state index is 5.64. The van der Waals surface area contributed by atoms with Crippen molar-refractivity contribution in [2.24, 2.45) is 0 Å². The summed E-state index contributed by atoms with van der Waals surface area (Å²) >= 11 is 0. The van der Waals surface area contributed by atoms with Crippen LogP contribution in [0.25, 0.3) is 0 Å². The minimum Gasteiger partial charge on any atom is -0.491 e. The zero-order valence-electron chi connectivity index (χ0n) is 13.5. The fourth-order valence-corrected chi connectivity index (χ4v) is 2.22. The molecule has 0 radical (unpaired) electrons. The van der Waals surface area contributed by atoms with E-state index in [2.05, 4.69) is 36.3 Å². The Kier molecular flexibility index (Phi) is 4.56. The van der Waals surface area contributed by atoms with Gasteiger partial charge in [-0.05, 0) is 38.1 Å². The summed E-state index contributed by atoms with van der Waals surface area (Å²) in [5.41, 5.74) is 3.52. The lowest BCUT2D eigenvalue weighted by Gasteiger charge is -2.18. The van der Waals surface area contributed by atoms with Crippen LogP contribution in [0.2, 0.25) is 0 Å². The van der Waals surface area contributed by atoms with Gasteiger partial charge in [0.2, 0.25) is 0 Å². The molecule has 2 aromatic rings. The van der Waals surface area contributed by atoms with Crippen LogP contribution in [-0.4, -0.2) is 16.3 Å². The normalized spacial score (nSPS) is 11.7. The van der Waals surface area contributed by atoms with Gasteiger partial charge in [-0.3, -0.25) is 5.10 Å². The number of nitrogens with zero attached hydrogens (tertiary/aromatic N) is 1. The largest absolute Gasteiger partial charge is 0.491 e. The summed E-state index contributed by atoms with van der Waals surface area (Å²) in [7, 11) is 0. The van der Waals surface area contributed by atoms with E-state index < -0.39 is 0 Å². The maximum Gasteiger partial charge on any atom is 0.119 e. The summed E-state index contributed by atoms with van der Waals surface area (Å²) in [6.45, 7) is 11.4. The summed E-state index contributed by atoms with van der Waals surface area (Å²) in [5, 5.41) is 10.7. The first kappa shape index (κ1) is 15.4. The SMILES string of the molecule is CC(C)Oc1ccc(NCc2cn[nH]c2C(C)(C)C)cc1. The Morgan fingerprint density at radius 1 is 1.19 bits per heavy atom. The van der Waals surface area contributed by atoms with E-state index in [1.165, 1.54) is 11.3 Å². The summed E-state index contributed by atoms with van der Waals surface area (Å²) in [4.78, 5) is 0. The average Bonchev–Trinajstić information content (AvgIpc) is 2.85. The number of rotatable bonds is 5. The average molecular weight is 287 g/mol. The van der Waals surface area contributed by atoms with Crippen LogP contribution >= 0.6 is 0 Å². The number of hydrogen-bond acceptors (Lipinski definition) is 3. The molecule has 1 aromatic carbocycles. The highest BCUT2D eigenvalue weighted by atomic mass is 16.5. The Balaban J connectivity index is 1.99. The third-order valence-electron chi connectivity index (χ3n) is 3.18. The molecule has 2 N–H and O–H groups in total. The van der Waals surface area contributed by atoms with Crippen LogP contribution in [0.4, 0.5) is 5.69 Å². The van der Waals surface area contributed by atoms with Crippen LogP contribution in [0.5, 0.6) is 5.75 Å². The Bertz CT molecular complexity index is 564. The smallest absolute Gasteiger partial charge is 0.119 e. The van der Waals surface area contributed by atoms with Crippen LogP contribution in [0.15, 0.2) is 30.5 Å². The minimum atomic E-state index is 0.0719. The molecule has 0 aliphatic rings. The van der Waals surface area contributed by atoms with Gasteiger partial charge >= 0.3 is 0 Å². The van der Waals surface area contributed by atoms with Crippen LogP contribution in [0.3, 0.4) is 0 Å². The van der Waals surface area contributed by atoms with E-state index in [-0.39, 0.29) is 11.5 Å². The minimum absolute atomic E-state index is 0.0719. The number of hydrogen-bond donors (Lipinski definition) is 2. The van der Waals surface area contributed by atoms with Gasteiger partial charge in [0.15, 0.2) is 0 Å². The molecular formula is C17H25N3O. The van der Waals surface area contributed by atoms with Gasteiger partial charge in [-0.15, -0.1) is 0 Å². The molecule has 1 aromatic heterocycles. The molecule has 0 unspecified atom stereocenters. The Morgan fingerprint density at radius 3 is 2.43 bits per heavy atom. The van der Waals surface area contributed by atoms with Crippen LogP contribution in [0.1, 0.15) is 45.9 Å². The van der Waals surface area contributed by atoms with Gasteiger partial charge in [-0.1, -0.05) is 20.8 Å². The summed E-state index contributed by atoms with van der Waals surface area (Å²) in [5.74, 6) is 0.897. The maximum atomic E-state index is 5.64. The fourth-order valence-electron chi connectivity index (χ4n) is 2.22.